The third-order valence-electron chi connectivity index (χ3n) is 2.29. The van der Waals surface area contributed by atoms with Gasteiger partial charge in [0.15, 0.2) is 0 Å². The molecule has 1 heterocycles. The molecule has 1 aromatic heterocycles. The van der Waals surface area contributed by atoms with Crippen molar-refractivity contribution >= 4 is 23.1 Å². The maximum Gasteiger partial charge on any atom is 0.269 e. The molecule has 0 saturated carbocycles. The molecule has 0 atom stereocenters. The Hall–Kier alpha value is -2.08. The summed E-state index contributed by atoms with van der Waals surface area (Å²) in [7, 11) is 0. The molecule has 2 rings (SSSR count). The number of non-ortho nitro benzene ring substituents is 1. The van der Waals surface area contributed by atoms with E-state index in [-0.39, 0.29) is 5.69 Å². The summed E-state index contributed by atoms with van der Waals surface area (Å²) in [5.41, 5.74) is 7.30. The Labute approximate surface area is 108 Å². The number of hydrogen-bond donors (Lipinski definition) is 1. The molecule has 0 aliphatic rings. The molecule has 0 fully saturated rings. The number of nitrogens with zero attached hydrogens (tertiary/aromatic N) is 2. The van der Waals surface area contributed by atoms with Crippen LogP contribution in [0.25, 0.3) is 0 Å². The van der Waals surface area contributed by atoms with Gasteiger partial charge in [0.05, 0.1) is 21.8 Å². The minimum absolute atomic E-state index is 0.106. The first-order chi connectivity index (χ1) is 8.65. The fourth-order valence-corrected chi connectivity index (χ4v) is 2.15. The van der Waals surface area contributed by atoms with Crippen LogP contribution in [0.3, 0.4) is 0 Å². The zero-order chi connectivity index (χ0) is 13.0. The van der Waals surface area contributed by atoms with Crippen LogP contribution in [0.15, 0.2) is 47.6 Å². The fraction of sp³-hybridized carbons (Fsp3) is 0.0833. The molecule has 0 aliphatic carbocycles. The standard InChI is InChI=1S/C12H11N3O2S/c13-10-3-6-12(14-7-10)18-8-9-1-4-11(5-2-9)15(16)17/h1-7H,8,13H2. The number of thioether (sulfide) groups is 1. The van der Waals surface area contributed by atoms with E-state index >= 15 is 0 Å². The van der Waals surface area contributed by atoms with Crippen LogP contribution in [0.4, 0.5) is 11.4 Å². The number of aromatic nitrogens is 1. The molecule has 2 N–H and O–H groups in total. The predicted molar refractivity (Wildman–Crippen MR) is 71.3 cm³/mol. The van der Waals surface area contributed by atoms with E-state index in [1.807, 2.05) is 6.07 Å². The third-order valence-corrected chi connectivity index (χ3v) is 3.31. The lowest BCUT2D eigenvalue weighted by atomic mass is 10.2. The van der Waals surface area contributed by atoms with E-state index in [9.17, 15) is 10.1 Å². The van der Waals surface area contributed by atoms with Gasteiger partial charge >= 0.3 is 0 Å². The number of nitro benzene ring substituents is 1. The highest BCUT2D eigenvalue weighted by Gasteiger charge is 2.04. The van der Waals surface area contributed by atoms with Crippen molar-refractivity contribution in [1.29, 1.82) is 0 Å². The summed E-state index contributed by atoms with van der Waals surface area (Å²) in [5.74, 6) is 0.717. The smallest absolute Gasteiger partial charge is 0.269 e. The van der Waals surface area contributed by atoms with Gasteiger partial charge in [0.1, 0.15) is 0 Å². The molecular weight excluding hydrogens is 250 g/mol. The topological polar surface area (TPSA) is 82.0 Å². The van der Waals surface area contributed by atoms with Gasteiger partial charge in [0, 0.05) is 17.9 Å². The summed E-state index contributed by atoms with van der Waals surface area (Å²) in [5, 5.41) is 11.4. The molecule has 0 saturated heterocycles. The number of rotatable bonds is 4. The summed E-state index contributed by atoms with van der Waals surface area (Å²) < 4.78 is 0. The minimum Gasteiger partial charge on any atom is -0.397 e. The molecule has 5 nitrogen and oxygen atoms in total. The number of hydrogen-bond acceptors (Lipinski definition) is 5. The molecule has 0 radical (unpaired) electrons. The van der Waals surface area contributed by atoms with Crippen LogP contribution in [0.2, 0.25) is 0 Å². The van der Waals surface area contributed by atoms with E-state index in [1.54, 1.807) is 36.2 Å². The van der Waals surface area contributed by atoms with Crippen LogP contribution in [0.5, 0.6) is 0 Å². The highest BCUT2D eigenvalue weighted by atomic mass is 32.2. The number of benzene rings is 1. The summed E-state index contributed by atoms with van der Waals surface area (Å²) >= 11 is 1.56. The lowest BCUT2D eigenvalue weighted by Crippen LogP contribution is -1.89. The fourth-order valence-electron chi connectivity index (χ4n) is 1.35. The van der Waals surface area contributed by atoms with Gasteiger partial charge < -0.3 is 5.73 Å². The van der Waals surface area contributed by atoms with Crippen molar-refractivity contribution in [3.05, 3.63) is 58.3 Å². The molecular formula is C12H11N3O2S. The molecule has 0 unspecified atom stereocenters. The minimum atomic E-state index is -0.404. The van der Waals surface area contributed by atoms with Gasteiger partial charge in [-0.15, -0.1) is 11.8 Å². The SMILES string of the molecule is Nc1ccc(SCc2ccc([N+](=O)[O-])cc2)nc1. The van der Waals surface area contributed by atoms with Gasteiger partial charge in [-0.3, -0.25) is 10.1 Å². The first-order valence-corrected chi connectivity index (χ1v) is 6.21. The third kappa shape index (κ3) is 3.21. The number of nitro groups is 1. The van der Waals surface area contributed by atoms with Crippen molar-refractivity contribution in [1.82, 2.24) is 4.98 Å². The first kappa shape index (κ1) is 12.4. The summed E-state index contributed by atoms with van der Waals surface area (Å²) in [4.78, 5) is 14.3. The second-order valence-corrected chi connectivity index (χ2v) is 4.64. The van der Waals surface area contributed by atoms with Gasteiger partial charge in [-0.2, -0.15) is 0 Å². The monoisotopic (exact) mass is 261 g/mol. The van der Waals surface area contributed by atoms with Crippen LogP contribution < -0.4 is 5.73 Å². The lowest BCUT2D eigenvalue weighted by molar-refractivity contribution is -0.384. The van der Waals surface area contributed by atoms with Gasteiger partial charge in [-0.05, 0) is 17.7 Å². The number of anilines is 1. The number of pyridine rings is 1. The zero-order valence-electron chi connectivity index (χ0n) is 9.45. The van der Waals surface area contributed by atoms with Crippen molar-refractivity contribution in [3.8, 4) is 0 Å². The second-order valence-electron chi connectivity index (χ2n) is 3.64. The molecule has 1 aromatic carbocycles. The van der Waals surface area contributed by atoms with Gasteiger partial charge in [0.2, 0.25) is 0 Å². The summed E-state index contributed by atoms with van der Waals surface area (Å²) in [6.45, 7) is 0. The van der Waals surface area contributed by atoms with Crippen molar-refractivity contribution < 1.29 is 4.92 Å². The van der Waals surface area contributed by atoms with Crippen LogP contribution >= 0.6 is 11.8 Å². The van der Waals surface area contributed by atoms with Crippen molar-refractivity contribution in [2.45, 2.75) is 10.8 Å². The Balaban J connectivity index is 1.97. The number of nitrogen functional groups attached to an aromatic ring is 1. The first-order valence-electron chi connectivity index (χ1n) is 5.23. The van der Waals surface area contributed by atoms with E-state index in [0.29, 0.717) is 5.69 Å². The Morgan fingerprint density at radius 3 is 2.50 bits per heavy atom. The molecule has 92 valence electrons. The van der Waals surface area contributed by atoms with Crippen LogP contribution in [0, 0.1) is 10.1 Å². The Bertz CT molecular complexity index is 540. The highest BCUT2D eigenvalue weighted by Crippen LogP contribution is 2.22. The average molecular weight is 261 g/mol. The Morgan fingerprint density at radius 1 is 1.22 bits per heavy atom. The highest BCUT2D eigenvalue weighted by molar-refractivity contribution is 7.98. The average Bonchev–Trinajstić information content (AvgIpc) is 2.38. The van der Waals surface area contributed by atoms with E-state index in [1.165, 1.54) is 12.1 Å². The molecule has 0 bridgehead atoms. The van der Waals surface area contributed by atoms with Gasteiger partial charge in [0.25, 0.3) is 5.69 Å². The molecule has 18 heavy (non-hydrogen) atoms. The molecule has 0 spiro atoms. The maximum absolute atomic E-state index is 10.5. The second kappa shape index (κ2) is 5.50. The predicted octanol–water partition coefficient (Wildman–Crippen LogP) is 2.86. The summed E-state index contributed by atoms with van der Waals surface area (Å²) in [6, 6.07) is 10.2. The van der Waals surface area contributed by atoms with Crippen LogP contribution in [-0.4, -0.2) is 9.91 Å². The van der Waals surface area contributed by atoms with Crippen LogP contribution in [0.1, 0.15) is 5.56 Å². The molecule has 2 aromatic rings. The zero-order valence-corrected chi connectivity index (χ0v) is 10.3. The van der Waals surface area contributed by atoms with E-state index in [2.05, 4.69) is 4.98 Å². The van der Waals surface area contributed by atoms with Gasteiger partial charge in [-0.25, -0.2) is 4.98 Å². The molecule has 0 amide bonds. The molecule has 6 heteroatoms. The van der Waals surface area contributed by atoms with Crippen molar-refractivity contribution in [2.75, 3.05) is 5.73 Å². The van der Waals surface area contributed by atoms with Crippen molar-refractivity contribution in [3.63, 3.8) is 0 Å². The largest absolute Gasteiger partial charge is 0.397 e. The van der Waals surface area contributed by atoms with E-state index in [4.69, 9.17) is 5.73 Å². The Kier molecular flexibility index (Phi) is 3.78. The Morgan fingerprint density at radius 2 is 1.94 bits per heavy atom. The number of nitrogens with two attached hydrogens (primary N) is 1. The lowest BCUT2D eigenvalue weighted by Gasteiger charge is -2.01. The molecule has 0 aliphatic heterocycles. The normalized spacial score (nSPS) is 10.2. The van der Waals surface area contributed by atoms with Crippen molar-refractivity contribution in [2.24, 2.45) is 0 Å². The van der Waals surface area contributed by atoms with Gasteiger partial charge in [-0.1, -0.05) is 12.1 Å². The quantitative estimate of drug-likeness (QED) is 0.520. The summed E-state index contributed by atoms with van der Waals surface area (Å²) in [6.07, 6.45) is 1.61. The maximum atomic E-state index is 10.5. The van der Waals surface area contributed by atoms with Crippen LogP contribution in [-0.2, 0) is 5.75 Å². The van der Waals surface area contributed by atoms with E-state index < -0.39 is 4.92 Å². The van der Waals surface area contributed by atoms with E-state index in [0.717, 1.165) is 16.3 Å².